The number of ether oxygens (including phenoxy) is 2. The Kier molecular flexibility index (Phi) is 5.32. The highest BCUT2D eigenvalue weighted by Gasteiger charge is 2.49. The Morgan fingerprint density at radius 3 is 1.89 bits per heavy atom. The van der Waals surface area contributed by atoms with Crippen LogP contribution in [0, 0.1) is 0 Å². The number of hydrogen-bond acceptors (Lipinski definition) is 5. The van der Waals surface area contributed by atoms with Crippen LogP contribution in [0.5, 0.6) is 0 Å². The van der Waals surface area contributed by atoms with Crippen molar-refractivity contribution in [1.82, 2.24) is 0 Å². The summed E-state index contributed by atoms with van der Waals surface area (Å²) in [5.74, 6) is -2.15. The van der Waals surface area contributed by atoms with E-state index >= 15 is 0 Å². The number of benzene rings is 1. The molecule has 0 amide bonds. The van der Waals surface area contributed by atoms with Gasteiger partial charge in [0.15, 0.2) is 0 Å². The van der Waals surface area contributed by atoms with E-state index in [2.05, 4.69) is 0 Å². The largest absolute Gasteiger partial charge is 0.463 e. The van der Waals surface area contributed by atoms with Crippen LogP contribution >= 0.6 is 11.6 Å². The fourth-order valence-electron chi connectivity index (χ4n) is 1.48. The highest BCUT2D eigenvalue weighted by Crippen LogP contribution is 2.26. The van der Waals surface area contributed by atoms with E-state index in [9.17, 15) is 14.7 Å². The minimum absolute atomic E-state index is 0.0359. The third kappa shape index (κ3) is 3.24. The number of carbonyl (C=O) groups is 2. The molecule has 0 aliphatic heterocycles. The fraction of sp³-hybridized carbons (Fsp3) is 0.385. The van der Waals surface area contributed by atoms with E-state index in [1.807, 2.05) is 0 Å². The SMILES string of the molecule is CCOC(=O)C(O)(C(=O)OCC)c1ccc(Cl)cc1. The summed E-state index contributed by atoms with van der Waals surface area (Å²) in [5.41, 5.74) is -2.43. The normalized spacial score (nSPS) is 10.9. The molecule has 1 aromatic carbocycles. The van der Waals surface area contributed by atoms with E-state index in [0.29, 0.717) is 5.02 Å². The Labute approximate surface area is 116 Å². The summed E-state index contributed by atoms with van der Waals surface area (Å²) in [6, 6.07) is 5.66. The van der Waals surface area contributed by atoms with Gasteiger partial charge in [-0.1, -0.05) is 23.7 Å². The summed E-state index contributed by atoms with van der Waals surface area (Å²) in [6.45, 7) is 3.22. The van der Waals surface area contributed by atoms with E-state index in [1.54, 1.807) is 13.8 Å². The molecule has 104 valence electrons. The fourth-order valence-corrected chi connectivity index (χ4v) is 1.61. The maximum Gasteiger partial charge on any atom is 0.354 e. The van der Waals surface area contributed by atoms with Crippen molar-refractivity contribution in [1.29, 1.82) is 0 Å². The summed E-state index contributed by atoms with van der Waals surface area (Å²) >= 11 is 5.73. The van der Waals surface area contributed by atoms with Crippen LogP contribution in [-0.2, 0) is 24.7 Å². The average Bonchev–Trinajstić information content (AvgIpc) is 2.39. The second-order valence-electron chi connectivity index (χ2n) is 3.66. The zero-order valence-electron chi connectivity index (χ0n) is 10.7. The monoisotopic (exact) mass is 286 g/mol. The Balaban J connectivity index is 3.21. The van der Waals surface area contributed by atoms with Gasteiger partial charge in [0, 0.05) is 10.6 Å². The van der Waals surface area contributed by atoms with E-state index in [0.717, 1.165) is 0 Å². The van der Waals surface area contributed by atoms with Gasteiger partial charge in [-0.15, -0.1) is 0 Å². The third-order valence-electron chi connectivity index (χ3n) is 2.40. The van der Waals surface area contributed by atoms with E-state index in [-0.39, 0.29) is 18.8 Å². The molecule has 0 heterocycles. The van der Waals surface area contributed by atoms with Gasteiger partial charge in [-0.05, 0) is 26.0 Å². The molecule has 1 N–H and O–H groups in total. The molecule has 0 fully saturated rings. The number of esters is 2. The number of hydrogen-bond donors (Lipinski definition) is 1. The molecular formula is C13H15ClO5. The maximum absolute atomic E-state index is 11.9. The Hall–Kier alpha value is -1.59. The molecular weight excluding hydrogens is 272 g/mol. The third-order valence-corrected chi connectivity index (χ3v) is 2.66. The molecule has 0 unspecified atom stereocenters. The van der Waals surface area contributed by atoms with Crippen LogP contribution in [0.2, 0.25) is 5.02 Å². The van der Waals surface area contributed by atoms with Crippen LogP contribution in [0.3, 0.4) is 0 Å². The van der Waals surface area contributed by atoms with Crippen LogP contribution in [0.15, 0.2) is 24.3 Å². The number of halogens is 1. The van der Waals surface area contributed by atoms with Gasteiger partial charge in [-0.3, -0.25) is 0 Å². The minimum Gasteiger partial charge on any atom is -0.463 e. The lowest BCUT2D eigenvalue weighted by Crippen LogP contribution is -2.46. The van der Waals surface area contributed by atoms with Crippen molar-refractivity contribution in [2.75, 3.05) is 13.2 Å². The Morgan fingerprint density at radius 1 is 1.11 bits per heavy atom. The molecule has 0 radical (unpaired) electrons. The van der Waals surface area contributed by atoms with Gasteiger partial charge in [-0.25, -0.2) is 9.59 Å². The van der Waals surface area contributed by atoms with Gasteiger partial charge in [0.25, 0.3) is 5.60 Å². The second kappa shape index (κ2) is 6.54. The predicted octanol–water partition coefficient (Wildman–Crippen LogP) is 1.65. The molecule has 0 aliphatic carbocycles. The molecule has 0 saturated carbocycles. The van der Waals surface area contributed by atoms with Crippen LogP contribution < -0.4 is 0 Å². The first-order valence-electron chi connectivity index (χ1n) is 5.79. The maximum atomic E-state index is 11.9. The lowest BCUT2D eigenvalue weighted by Gasteiger charge is -2.23. The van der Waals surface area contributed by atoms with Crippen molar-refractivity contribution in [3.05, 3.63) is 34.9 Å². The van der Waals surface area contributed by atoms with Crippen LogP contribution in [-0.4, -0.2) is 30.3 Å². The van der Waals surface area contributed by atoms with Crippen molar-refractivity contribution in [2.24, 2.45) is 0 Å². The summed E-state index contributed by atoms with van der Waals surface area (Å²) in [5, 5.41) is 10.8. The first-order valence-corrected chi connectivity index (χ1v) is 6.17. The Morgan fingerprint density at radius 2 is 1.53 bits per heavy atom. The van der Waals surface area contributed by atoms with Crippen molar-refractivity contribution < 1.29 is 24.2 Å². The molecule has 5 nitrogen and oxygen atoms in total. The summed E-state index contributed by atoms with van der Waals surface area (Å²) in [7, 11) is 0. The van der Waals surface area contributed by atoms with E-state index < -0.39 is 17.5 Å². The van der Waals surface area contributed by atoms with Gasteiger partial charge in [0.05, 0.1) is 13.2 Å². The zero-order valence-corrected chi connectivity index (χ0v) is 11.4. The number of carbonyl (C=O) groups excluding carboxylic acids is 2. The smallest absolute Gasteiger partial charge is 0.354 e. The van der Waals surface area contributed by atoms with Gasteiger partial charge < -0.3 is 14.6 Å². The molecule has 6 heteroatoms. The van der Waals surface area contributed by atoms with E-state index in [1.165, 1.54) is 24.3 Å². The van der Waals surface area contributed by atoms with Gasteiger partial charge >= 0.3 is 11.9 Å². The second-order valence-corrected chi connectivity index (χ2v) is 4.09. The molecule has 0 bridgehead atoms. The molecule has 0 aromatic heterocycles. The zero-order chi connectivity index (χ0) is 14.5. The average molecular weight is 287 g/mol. The standard InChI is InChI=1S/C13H15ClO5/c1-3-18-11(15)13(17,12(16)19-4-2)9-5-7-10(14)8-6-9/h5-8,17H,3-4H2,1-2H3. The lowest BCUT2D eigenvalue weighted by molar-refractivity contribution is -0.184. The first kappa shape index (κ1) is 15.5. The highest BCUT2D eigenvalue weighted by atomic mass is 35.5. The van der Waals surface area contributed by atoms with Crippen LogP contribution in [0.25, 0.3) is 0 Å². The van der Waals surface area contributed by atoms with Gasteiger partial charge in [0.1, 0.15) is 0 Å². The van der Waals surface area contributed by atoms with Crippen molar-refractivity contribution in [3.63, 3.8) is 0 Å². The molecule has 0 spiro atoms. The highest BCUT2D eigenvalue weighted by molar-refractivity contribution is 6.30. The van der Waals surface area contributed by atoms with Gasteiger partial charge in [0.2, 0.25) is 0 Å². The van der Waals surface area contributed by atoms with Crippen molar-refractivity contribution in [3.8, 4) is 0 Å². The van der Waals surface area contributed by atoms with Gasteiger partial charge in [-0.2, -0.15) is 0 Å². The van der Waals surface area contributed by atoms with Crippen LogP contribution in [0.1, 0.15) is 19.4 Å². The molecule has 1 rings (SSSR count). The topological polar surface area (TPSA) is 72.8 Å². The summed E-state index contributed by atoms with van der Waals surface area (Å²) in [4.78, 5) is 23.7. The quantitative estimate of drug-likeness (QED) is 0.658. The number of aliphatic hydroxyl groups is 1. The first-order chi connectivity index (χ1) is 8.96. The molecule has 0 atom stereocenters. The molecule has 0 saturated heterocycles. The molecule has 1 aromatic rings. The molecule has 0 aliphatic rings. The van der Waals surface area contributed by atoms with E-state index in [4.69, 9.17) is 21.1 Å². The van der Waals surface area contributed by atoms with Crippen molar-refractivity contribution >= 4 is 23.5 Å². The Bertz CT molecular complexity index is 437. The van der Waals surface area contributed by atoms with Crippen LogP contribution in [0.4, 0.5) is 0 Å². The summed E-state index contributed by atoms with van der Waals surface area (Å²) in [6.07, 6.45) is 0. The molecule has 19 heavy (non-hydrogen) atoms. The lowest BCUT2D eigenvalue weighted by atomic mass is 9.94. The number of rotatable bonds is 5. The van der Waals surface area contributed by atoms with Crippen molar-refractivity contribution in [2.45, 2.75) is 19.4 Å². The minimum atomic E-state index is -2.48. The summed E-state index contributed by atoms with van der Waals surface area (Å²) < 4.78 is 9.47. The predicted molar refractivity (Wildman–Crippen MR) is 68.6 cm³/mol.